The average Bonchev–Trinajstić information content (AvgIpc) is 2.74. The zero-order chi connectivity index (χ0) is 8.60. The second-order valence-corrected chi connectivity index (χ2v) is 4.37. The Labute approximate surface area is 81.1 Å². The lowest BCUT2D eigenvalue weighted by Crippen LogP contribution is -2.09. The maximum absolute atomic E-state index is 4.12. The van der Waals surface area contributed by atoms with Crippen LogP contribution in [0.4, 0.5) is 0 Å². The average molecular weight is 229 g/mol. The molecule has 1 aromatic heterocycles. The number of halogens is 1. The van der Waals surface area contributed by atoms with Gasteiger partial charge >= 0.3 is 0 Å². The van der Waals surface area contributed by atoms with Crippen LogP contribution in [0.5, 0.6) is 0 Å². The third kappa shape index (κ3) is 1.42. The van der Waals surface area contributed by atoms with Gasteiger partial charge in [-0.2, -0.15) is 0 Å². The van der Waals surface area contributed by atoms with Crippen molar-refractivity contribution in [3.8, 4) is 0 Å². The second kappa shape index (κ2) is 2.87. The summed E-state index contributed by atoms with van der Waals surface area (Å²) < 4.78 is 2.11. The Hall–Kier alpha value is -0.310. The van der Waals surface area contributed by atoms with Crippen LogP contribution in [0.2, 0.25) is 0 Å². The van der Waals surface area contributed by atoms with Gasteiger partial charge in [0.05, 0.1) is 6.33 Å². The SMILES string of the molecule is Cn1cncc1CC1(CBr)CC1. The largest absolute Gasteiger partial charge is 0.338 e. The van der Waals surface area contributed by atoms with Crippen LogP contribution in [0.25, 0.3) is 0 Å². The Morgan fingerprint density at radius 3 is 2.83 bits per heavy atom. The van der Waals surface area contributed by atoms with E-state index >= 15 is 0 Å². The lowest BCUT2D eigenvalue weighted by atomic mass is 10.0. The first-order valence-electron chi connectivity index (χ1n) is 4.27. The van der Waals surface area contributed by atoms with E-state index in [0.29, 0.717) is 5.41 Å². The normalized spacial score (nSPS) is 19.5. The molecule has 1 aliphatic rings. The molecule has 2 rings (SSSR count). The topological polar surface area (TPSA) is 17.8 Å². The van der Waals surface area contributed by atoms with Gasteiger partial charge in [0.25, 0.3) is 0 Å². The highest BCUT2D eigenvalue weighted by Gasteiger charge is 2.41. The van der Waals surface area contributed by atoms with Crippen molar-refractivity contribution in [1.82, 2.24) is 9.55 Å². The van der Waals surface area contributed by atoms with Crippen molar-refractivity contribution < 1.29 is 0 Å². The molecule has 0 unspecified atom stereocenters. The molecule has 0 amide bonds. The zero-order valence-electron chi connectivity index (χ0n) is 7.26. The fraction of sp³-hybridized carbons (Fsp3) is 0.667. The molecule has 1 aromatic rings. The van der Waals surface area contributed by atoms with Crippen molar-refractivity contribution in [2.75, 3.05) is 5.33 Å². The molecule has 0 atom stereocenters. The summed E-state index contributed by atoms with van der Waals surface area (Å²) in [5, 5.41) is 1.13. The summed E-state index contributed by atoms with van der Waals surface area (Å²) in [5.74, 6) is 0. The molecule has 0 spiro atoms. The van der Waals surface area contributed by atoms with E-state index in [9.17, 15) is 0 Å². The summed E-state index contributed by atoms with van der Waals surface area (Å²) in [6.07, 6.45) is 7.75. The Bertz CT molecular complexity index is 276. The lowest BCUT2D eigenvalue weighted by Gasteiger charge is -2.10. The minimum Gasteiger partial charge on any atom is -0.338 e. The number of nitrogens with zero attached hydrogens (tertiary/aromatic N) is 2. The quantitative estimate of drug-likeness (QED) is 0.726. The van der Waals surface area contributed by atoms with Crippen LogP contribution in [-0.4, -0.2) is 14.9 Å². The number of alkyl halides is 1. The van der Waals surface area contributed by atoms with Gasteiger partial charge in [-0.25, -0.2) is 4.98 Å². The van der Waals surface area contributed by atoms with E-state index in [-0.39, 0.29) is 0 Å². The minimum absolute atomic E-state index is 0.563. The molecular weight excluding hydrogens is 216 g/mol. The fourth-order valence-corrected chi connectivity index (χ4v) is 2.23. The summed E-state index contributed by atoms with van der Waals surface area (Å²) in [7, 11) is 2.06. The first-order chi connectivity index (χ1) is 5.76. The summed E-state index contributed by atoms with van der Waals surface area (Å²) in [6, 6.07) is 0. The molecule has 1 saturated carbocycles. The standard InChI is InChI=1S/C9H13BrN2/c1-12-7-11-5-8(12)4-9(6-10)2-3-9/h5,7H,2-4,6H2,1H3. The highest BCUT2D eigenvalue weighted by molar-refractivity contribution is 9.09. The van der Waals surface area contributed by atoms with Gasteiger partial charge in [0.1, 0.15) is 0 Å². The van der Waals surface area contributed by atoms with E-state index in [1.54, 1.807) is 0 Å². The van der Waals surface area contributed by atoms with Gasteiger partial charge in [0.2, 0.25) is 0 Å². The Kier molecular flexibility index (Phi) is 1.99. The Balaban J connectivity index is 2.08. The molecular formula is C9H13BrN2. The van der Waals surface area contributed by atoms with Crippen LogP contribution in [0, 0.1) is 5.41 Å². The molecule has 1 heterocycles. The molecule has 0 radical (unpaired) electrons. The predicted molar refractivity (Wildman–Crippen MR) is 52.4 cm³/mol. The lowest BCUT2D eigenvalue weighted by molar-refractivity contribution is 0.562. The van der Waals surface area contributed by atoms with E-state index in [2.05, 4.69) is 32.5 Å². The van der Waals surface area contributed by atoms with Crippen LogP contribution in [0.1, 0.15) is 18.5 Å². The molecule has 0 saturated heterocycles. The van der Waals surface area contributed by atoms with Gasteiger partial charge in [-0.05, 0) is 24.7 Å². The number of rotatable bonds is 3. The first-order valence-corrected chi connectivity index (χ1v) is 5.39. The van der Waals surface area contributed by atoms with Crippen molar-refractivity contribution in [3.05, 3.63) is 18.2 Å². The van der Waals surface area contributed by atoms with Crippen LogP contribution >= 0.6 is 15.9 Å². The van der Waals surface area contributed by atoms with Gasteiger partial charge in [-0.3, -0.25) is 0 Å². The van der Waals surface area contributed by atoms with E-state index in [0.717, 1.165) is 5.33 Å². The molecule has 1 aliphatic carbocycles. The fourth-order valence-electron chi connectivity index (χ4n) is 1.47. The molecule has 66 valence electrons. The molecule has 0 bridgehead atoms. The van der Waals surface area contributed by atoms with E-state index in [4.69, 9.17) is 0 Å². The van der Waals surface area contributed by atoms with Gasteiger partial charge in [-0.1, -0.05) is 15.9 Å². The van der Waals surface area contributed by atoms with Crippen LogP contribution in [0.15, 0.2) is 12.5 Å². The third-order valence-electron chi connectivity index (χ3n) is 2.71. The number of imidazole rings is 1. The van der Waals surface area contributed by atoms with Crippen molar-refractivity contribution in [1.29, 1.82) is 0 Å². The number of aryl methyl sites for hydroxylation is 1. The van der Waals surface area contributed by atoms with E-state index < -0.39 is 0 Å². The van der Waals surface area contributed by atoms with E-state index in [1.165, 1.54) is 25.0 Å². The summed E-state index contributed by atoms with van der Waals surface area (Å²) in [6.45, 7) is 0. The molecule has 2 nitrogen and oxygen atoms in total. The molecule has 0 aliphatic heterocycles. The van der Waals surface area contributed by atoms with Crippen LogP contribution in [0.3, 0.4) is 0 Å². The van der Waals surface area contributed by atoms with Crippen molar-refractivity contribution in [3.63, 3.8) is 0 Å². The van der Waals surface area contributed by atoms with Crippen molar-refractivity contribution >= 4 is 15.9 Å². The van der Waals surface area contributed by atoms with Gasteiger partial charge in [0.15, 0.2) is 0 Å². The predicted octanol–water partition coefficient (Wildman–Crippen LogP) is 2.14. The summed E-state index contributed by atoms with van der Waals surface area (Å²) in [5.41, 5.74) is 1.92. The molecule has 1 fully saturated rings. The third-order valence-corrected chi connectivity index (χ3v) is 3.90. The molecule has 12 heavy (non-hydrogen) atoms. The highest BCUT2D eigenvalue weighted by atomic mass is 79.9. The number of hydrogen-bond acceptors (Lipinski definition) is 1. The van der Waals surface area contributed by atoms with Crippen LogP contribution in [-0.2, 0) is 13.5 Å². The molecule has 0 N–H and O–H groups in total. The van der Waals surface area contributed by atoms with Gasteiger partial charge in [-0.15, -0.1) is 0 Å². The maximum Gasteiger partial charge on any atom is 0.0945 e. The van der Waals surface area contributed by atoms with E-state index in [1.807, 2.05) is 12.5 Å². The second-order valence-electron chi connectivity index (χ2n) is 3.81. The van der Waals surface area contributed by atoms with Gasteiger partial charge in [0, 0.05) is 24.3 Å². The van der Waals surface area contributed by atoms with Crippen molar-refractivity contribution in [2.24, 2.45) is 12.5 Å². The van der Waals surface area contributed by atoms with Gasteiger partial charge < -0.3 is 4.57 Å². The zero-order valence-corrected chi connectivity index (χ0v) is 8.84. The summed E-state index contributed by atoms with van der Waals surface area (Å²) >= 11 is 3.57. The first kappa shape index (κ1) is 8.30. The Morgan fingerprint density at radius 2 is 2.42 bits per heavy atom. The molecule has 3 heteroatoms. The number of hydrogen-bond donors (Lipinski definition) is 0. The Morgan fingerprint density at radius 1 is 1.67 bits per heavy atom. The molecule has 0 aromatic carbocycles. The summed E-state index contributed by atoms with van der Waals surface area (Å²) in [4.78, 5) is 4.12. The number of aromatic nitrogens is 2. The highest BCUT2D eigenvalue weighted by Crippen LogP contribution is 2.49. The maximum atomic E-state index is 4.12. The smallest absolute Gasteiger partial charge is 0.0945 e. The monoisotopic (exact) mass is 228 g/mol. The minimum atomic E-state index is 0.563. The van der Waals surface area contributed by atoms with Crippen LogP contribution < -0.4 is 0 Å². The van der Waals surface area contributed by atoms with Crippen molar-refractivity contribution in [2.45, 2.75) is 19.3 Å².